The lowest BCUT2D eigenvalue weighted by Gasteiger charge is -1.97. The molecule has 0 unspecified atom stereocenters. The molecule has 0 nitrogen and oxygen atoms in total. The molecule has 0 heterocycles. The summed E-state index contributed by atoms with van der Waals surface area (Å²) in [6, 6.07) is 5.44. The van der Waals surface area contributed by atoms with Crippen molar-refractivity contribution in [1.29, 1.82) is 0 Å². The Morgan fingerprint density at radius 1 is 1.22 bits per heavy atom. The Bertz CT molecular complexity index is 222. The zero-order valence-electron chi connectivity index (χ0n) is 4.76. The van der Waals surface area contributed by atoms with Crippen LogP contribution in [-0.4, -0.2) is 15.7 Å². The molecule has 0 saturated heterocycles. The molecule has 4 radical (unpaired) electrons. The first-order valence-electron chi connectivity index (χ1n) is 2.50. The minimum Gasteiger partial charge on any atom is -0.0957 e. The summed E-state index contributed by atoms with van der Waals surface area (Å²) in [5, 5.41) is 0. The predicted octanol–water partition coefficient (Wildman–Crippen LogP) is -0.121. The fourth-order valence-corrected chi connectivity index (χ4v) is 1.08. The van der Waals surface area contributed by atoms with Crippen molar-refractivity contribution >= 4 is 49.2 Å². The molecular formula is C6H3B2I. The van der Waals surface area contributed by atoms with Gasteiger partial charge in [0.15, 0.2) is 0 Å². The molecule has 0 aliphatic heterocycles. The van der Waals surface area contributed by atoms with Crippen LogP contribution in [0.5, 0.6) is 0 Å². The third-order valence-corrected chi connectivity index (χ3v) is 1.96. The molecule has 0 saturated carbocycles. The molecule has 0 bridgehead atoms. The summed E-state index contributed by atoms with van der Waals surface area (Å²) in [7, 11) is 11.0. The van der Waals surface area contributed by atoms with Crippen molar-refractivity contribution in [1.82, 2.24) is 0 Å². The van der Waals surface area contributed by atoms with Gasteiger partial charge in [-0.1, -0.05) is 29.1 Å². The Morgan fingerprint density at radius 3 is 2.33 bits per heavy atom. The van der Waals surface area contributed by atoms with E-state index in [1.165, 1.54) is 0 Å². The van der Waals surface area contributed by atoms with E-state index < -0.39 is 0 Å². The lowest BCUT2D eigenvalue weighted by atomic mass is 9.90. The van der Waals surface area contributed by atoms with E-state index in [-0.39, 0.29) is 0 Å². The second kappa shape index (κ2) is 2.78. The molecule has 0 atom stereocenters. The standard InChI is InChI=1S/C6H3B2I/c7-4-1-2-5(8)6(9)3-4/h1-3H. The van der Waals surface area contributed by atoms with E-state index in [0.717, 1.165) is 14.5 Å². The smallest absolute Gasteiger partial charge is 0.0957 e. The van der Waals surface area contributed by atoms with Crippen LogP contribution in [0.1, 0.15) is 0 Å². The highest BCUT2D eigenvalue weighted by atomic mass is 127. The predicted molar refractivity (Wildman–Crippen MR) is 49.9 cm³/mol. The second-order valence-electron chi connectivity index (χ2n) is 1.78. The first-order chi connectivity index (χ1) is 4.20. The first kappa shape index (κ1) is 7.19. The fraction of sp³-hybridized carbons (Fsp3) is 0. The van der Waals surface area contributed by atoms with Crippen LogP contribution in [-0.2, 0) is 0 Å². The number of halogens is 1. The van der Waals surface area contributed by atoms with Gasteiger partial charge >= 0.3 is 0 Å². The minimum atomic E-state index is 0.758. The molecule has 0 aliphatic carbocycles. The minimum absolute atomic E-state index is 0.758. The molecule has 0 N–H and O–H groups in total. The van der Waals surface area contributed by atoms with Crippen LogP contribution in [0.15, 0.2) is 18.2 Å². The molecule has 1 aromatic carbocycles. The van der Waals surface area contributed by atoms with Gasteiger partial charge in [-0.25, -0.2) is 0 Å². The van der Waals surface area contributed by atoms with Gasteiger partial charge in [0.2, 0.25) is 0 Å². The normalized spacial score (nSPS) is 9.44. The Kier molecular flexibility index (Phi) is 2.22. The Hall–Kier alpha value is 0.0799. The number of hydrogen-bond donors (Lipinski definition) is 0. The van der Waals surface area contributed by atoms with Crippen LogP contribution in [0.3, 0.4) is 0 Å². The maximum absolute atomic E-state index is 5.53. The van der Waals surface area contributed by atoms with Gasteiger partial charge in [0.25, 0.3) is 0 Å². The van der Waals surface area contributed by atoms with Crippen molar-refractivity contribution in [2.75, 3.05) is 0 Å². The average Bonchev–Trinajstić information content (AvgIpc) is 1.80. The van der Waals surface area contributed by atoms with Crippen LogP contribution in [0.25, 0.3) is 0 Å². The summed E-state index contributed by atoms with van der Waals surface area (Å²) in [4.78, 5) is 0. The summed E-state index contributed by atoms with van der Waals surface area (Å²) >= 11 is 2.14. The van der Waals surface area contributed by atoms with Crippen molar-refractivity contribution < 1.29 is 0 Å². The van der Waals surface area contributed by atoms with Crippen molar-refractivity contribution in [2.45, 2.75) is 0 Å². The maximum atomic E-state index is 5.53. The fourth-order valence-electron chi connectivity index (χ4n) is 0.543. The highest BCUT2D eigenvalue weighted by Gasteiger charge is 1.90. The van der Waals surface area contributed by atoms with Gasteiger partial charge in [0, 0.05) is 3.57 Å². The second-order valence-corrected chi connectivity index (χ2v) is 2.94. The van der Waals surface area contributed by atoms with Crippen molar-refractivity contribution in [3.8, 4) is 0 Å². The first-order valence-corrected chi connectivity index (χ1v) is 3.58. The summed E-state index contributed by atoms with van der Waals surface area (Å²) in [5.41, 5.74) is 1.54. The lowest BCUT2D eigenvalue weighted by molar-refractivity contribution is 1.77. The highest BCUT2D eigenvalue weighted by Crippen LogP contribution is 1.95. The van der Waals surface area contributed by atoms with E-state index in [1.807, 2.05) is 6.07 Å². The summed E-state index contributed by atoms with van der Waals surface area (Å²) in [5.74, 6) is 0. The Labute approximate surface area is 71.0 Å². The van der Waals surface area contributed by atoms with E-state index in [0.29, 0.717) is 0 Å². The highest BCUT2D eigenvalue weighted by molar-refractivity contribution is 14.1. The van der Waals surface area contributed by atoms with Gasteiger partial charge in [-0.3, -0.25) is 0 Å². The number of rotatable bonds is 0. The van der Waals surface area contributed by atoms with Gasteiger partial charge in [0.1, 0.15) is 15.7 Å². The Balaban J connectivity index is 3.17. The van der Waals surface area contributed by atoms with E-state index in [2.05, 4.69) is 22.6 Å². The molecule has 40 valence electrons. The Morgan fingerprint density at radius 2 is 1.89 bits per heavy atom. The molecular weight excluding hydrogens is 221 g/mol. The van der Waals surface area contributed by atoms with Crippen molar-refractivity contribution in [2.24, 2.45) is 0 Å². The van der Waals surface area contributed by atoms with Gasteiger partial charge in [-0.05, 0) is 22.6 Å². The third kappa shape index (κ3) is 1.75. The lowest BCUT2D eigenvalue weighted by Crippen LogP contribution is -2.13. The number of benzene rings is 1. The molecule has 1 aromatic rings. The quantitative estimate of drug-likeness (QED) is 0.425. The summed E-state index contributed by atoms with van der Waals surface area (Å²) in [6.45, 7) is 0. The molecule has 1 rings (SSSR count). The van der Waals surface area contributed by atoms with Crippen LogP contribution >= 0.6 is 22.6 Å². The van der Waals surface area contributed by atoms with E-state index in [4.69, 9.17) is 15.7 Å². The monoisotopic (exact) mass is 224 g/mol. The molecule has 9 heavy (non-hydrogen) atoms. The molecule has 0 aromatic heterocycles. The van der Waals surface area contributed by atoms with Crippen molar-refractivity contribution in [3.05, 3.63) is 21.8 Å². The summed E-state index contributed by atoms with van der Waals surface area (Å²) in [6.07, 6.45) is 0. The van der Waals surface area contributed by atoms with Crippen molar-refractivity contribution in [3.63, 3.8) is 0 Å². The van der Waals surface area contributed by atoms with Crippen LogP contribution in [0, 0.1) is 3.57 Å². The van der Waals surface area contributed by atoms with Gasteiger partial charge in [-0.2, -0.15) is 0 Å². The number of hydrogen-bond acceptors (Lipinski definition) is 0. The molecule has 0 aliphatic rings. The van der Waals surface area contributed by atoms with Gasteiger partial charge in [0.05, 0.1) is 0 Å². The summed E-state index contributed by atoms with van der Waals surface area (Å²) < 4.78 is 1.01. The van der Waals surface area contributed by atoms with Gasteiger partial charge < -0.3 is 0 Å². The van der Waals surface area contributed by atoms with Crippen LogP contribution < -0.4 is 10.9 Å². The largest absolute Gasteiger partial charge is 0.115 e. The van der Waals surface area contributed by atoms with E-state index in [9.17, 15) is 0 Å². The van der Waals surface area contributed by atoms with Crippen LogP contribution in [0.4, 0.5) is 0 Å². The third-order valence-electron chi connectivity index (χ3n) is 1.02. The topological polar surface area (TPSA) is 0 Å². The van der Waals surface area contributed by atoms with Crippen LogP contribution in [0.2, 0.25) is 0 Å². The molecule has 0 fully saturated rings. The maximum Gasteiger partial charge on any atom is 0.115 e. The average molecular weight is 224 g/mol. The zero-order chi connectivity index (χ0) is 6.85. The van der Waals surface area contributed by atoms with E-state index in [1.54, 1.807) is 12.1 Å². The van der Waals surface area contributed by atoms with Gasteiger partial charge in [-0.15, -0.1) is 0 Å². The molecule has 0 spiro atoms. The molecule has 0 amide bonds. The molecule has 3 heteroatoms. The van der Waals surface area contributed by atoms with E-state index >= 15 is 0 Å². The zero-order valence-corrected chi connectivity index (χ0v) is 6.92. The SMILES string of the molecule is [B]c1ccc([B])c(I)c1.